The molecule has 0 aliphatic rings. The number of hydrogen-bond donors (Lipinski definition) is 0. The van der Waals surface area contributed by atoms with E-state index in [1.165, 1.54) is 11.5 Å². The van der Waals surface area contributed by atoms with Crippen molar-refractivity contribution in [3.8, 4) is 0 Å². The van der Waals surface area contributed by atoms with Crippen LogP contribution in [0.2, 0.25) is 0 Å². The summed E-state index contributed by atoms with van der Waals surface area (Å²) in [5.41, 5.74) is 0.984. The number of carbonyl (C=O) groups is 2. The van der Waals surface area contributed by atoms with Crippen molar-refractivity contribution in [1.29, 1.82) is 0 Å². The maximum atomic E-state index is 11.2. The van der Waals surface area contributed by atoms with Gasteiger partial charge in [0.2, 0.25) is 0 Å². The summed E-state index contributed by atoms with van der Waals surface area (Å²) in [7, 11) is 3.82. The molecule has 0 aliphatic carbocycles. The molecule has 1 aromatic rings. The van der Waals surface area contributed by atoms with Crippen LogP contribution in [0.4, 0.5) is 5.69 Å². The molecule has 0 aromatic carbocycles. The number of pyridine rings is 1. The Morgan fingerprint density at radius 1 is 1.21 bits per heavy atom. The van der Waals surface area contributed by atoms with Gasteiger partial charge in [0, 0.05) is 38.8 Å². The van der Waals surface area contributed by atoms with Crippen LogP contribution in [0, 0.1) is 0 Å². The lowest BCUT2D eigenvalue weighted by molar-refractivity contribution is -0.569. The Morgan fingerprint density at radius 3 is 2.07 bits per heavy atom. The third-order valence-corrected chi connectivity index (χ3v) is 1.86. The Hall–Kier alpha value is -1.71. The first-order chi connectivity index (χ1) is 6.52. The molecule has 0 fully saturated rings. The molecule has 0 atom stereocenters. The predicted molar refractivity (Wildman–Crippen MR) is 52.3 cm³/mol. The largest absolute Gasteiger partial charge is 0.460 e. The van der Waals surface area contributed by atoms with Crippen LogP contribution < -0.4 is 9.47 Å². The number of ketones is 1. The molecule has 0 unspecified atom stereocenters. The minimum Gasteiger partial charge on any atom is -0.377 e. The average Bonchev–Trinajstić information content (AvgIpc) is 2.16. The molecule has 14 heavy (non-hydrogen) atoms. The molecule has 0 bridgehead atoms. The number of aromatic nitrogens is 1. The van der Waals surface area contributed by atoms with Gasteiger partial charge in [-0.25, -0.2) is 4.79 Å². The zero-order valence-electron chi connectivity index (χ0n) is 8.52. The Kier molecular flexibility index (Phi) is 2.96. The highest BCUT2D eigenvalue weighted by molar-refractivity contribution is 6.31. The first kappa shape index (κ1) is 10.4. The molecule has 4 heteroatoms. The Bertz CT molecular complexity index is 355. The van der Waals surface area contributed by atoms with Gasteiger partial charge in [-0.15, -0.1) is 4.57 Å². The van der Waals surface area contributed by atoms with Gasteiger partial charge in [-0.05, 0) is 0 Å². The van der Waals surface area contributed by atoms with Gasteiger partial charge >= 0.3 is 5.91 Å². The van der Waals surface area contributed by atoms with E-state index in [1.807, 2.05) is 19.0 Å². The lowest BCUT2D eigenvalue weighted by Gasteiger charge is -2.09. The predicted octanol–water partition coefficient (Wildman–Crippen LogP) is 0.269. The molecule has 0 N–H and O–H groups in total. The topological polar surface area (TPSA) is 41.3 Å². The summed E-state index contributed by atoms with van der Waals surface area (Å²) in [4.78, 5) is 23.9. The smallest absolute Gasteiger partial charge is 0.377 e. The summed E-state index contributed by atoms with van der Waals surface area (Å²) >= 11 is 0. The Balaban J connectivity index is 2.94. The van der Waals surface area contributed by atoms with E-state index in [2.05, 4.69) is 0 Å². The summed E-state index contributed by atoms with van der Waals surface area (Å²) in [5, 5.41) is 0. The quantitative estimate of drug-likeness (QED) is 0.500. The second kappa shape index (κ2) is 4.00. The Labute approximate surface area is 82.8 Å². The van der Waals surface area contributed by atoms with Crippen LogP contribution in [0.25, 0.3) is 0 Å². The van der Waals surface area contributed by atoms with Crippen LogP contribution in [-0.4, -0.2) is 25.8 Å². The van der Waals surface area contributed by atoms with Gasteiger partial charge in [0.15, 0.2) is 12.4 Å². The minimum atomic E-state index is -0.518. The van der Waals surface area contributed by atoms with E-state index >= 15 is 0 Å². The molecule has 1 aromatic heterocycles. The monoisotopic (exact) mass is 193 g/mol. The summed E-state index contributed by atoms with van der Waals surface area (Å²) in [6, 6.07) is 3.56. The highest BCUT2D eigenvalue weighted by atomic mass is 16.2. The maximum Gasteiger partial charge on any atom is 0.460 e. The van der Waals surface area contributed by atoms with Crippen LogP contribution in [0.3, 0.4) is 0 Å². The lowest BCUT2D eigenvalue weighted by atomic mass is 10.3. The second-order valence-corrected chi connectivity index (χ2v) is 3.22. The lowest BCUT2D eigenvalue weighted by Crippen LogP contribution is -2.45. The number of anilines is 1. The molecular formula is C10H13N2O2+. The minimum absolute atomic E-state index is 0.465. The average molecular weight is 193 g/mol. The van der Waals surface area contributed by atoms with Crippen LogP contribution in [0.15, 0.2) is 24.5 Å². The van der Waals surface area contributed by atoms with Crippen molar-refractivity contribution in [2.45, 2.75) is 6.92 Å². The fourth-order valence-corrected chi connectivity index (χ4v) is 1.03. The van der Waals surface area contributed by atoms with Crippen molar-refractivity contribution in [3.05, 3.63) is 24.5 Å². The Morgan fingerprint density at radius 2 is 1.71 bits per heavy atom. The molecule has 0 amide bonds. The van der Waals surface area contributed by atoms with E-state index in [-0.39, 0.29) is 0 Å². The van der Waals surface area contributed by atoms with Crippen LogP contribution in [0.1, 0.15) is 11.7 Å². The van der Waals surface area contributed by atoms with Gasteiger partial charge in [-0.1, -0.05) is 0 Å². The molecular weight excluding hydrogens is 180 g/mol. The molecule has 1 rings (SSSR count). The van der Waals surface area contributed by atoms with E-state index in [1.54, 1.807) is 24.5 Å². The van der Waals surface area contributed by atoms with Crippen LogP contribution in [0.5, 0.6) is 0 Å². The molecule has 0 aliphatic heterocycles. The number of nitrogens with zero attached hydrogens (tertiary/aromatic N) is 2. The SMILES string of the molecule is CC(=O)C(=O)[n+]1ccc(N(C)C)cc1. The summed E-state index contributed by atoms with van der Waals surface area (Å²) < 4.78 is 1.27. The fourth-order valence-electron chi connectivity index (χ4n) is 1.03. The highest BCUT2D eigenvalue weighted by Gasteiger charge is 2.19. The van der Waals surface area contributed by atoms with E-state index in [0.29, 0.717) is 0 Å². The first-order valence-electron chi connectivity index (χ1n) is 4.26. The normalized spacial score (nSPS) is 9.64. The van der Waals surface area contributed by atoms with Crippen LogP contribution in [-0.2, 0) is 4.79 Å². The first-order valence-corrected chi connectivity index (χ1v) is 4.26. The van der Waals surface area contributed by atoms with Gasteiger partial charge in [0.1, 0.15) is 0 Å². The third-order valence-electron chi connectivity index (χ3n) is 1.86. The van der Waals surface area contributed by atoms with Crippen molar-refractivity contribution >= 4 is 17.4 Å². The summed E-state index contributed by atoms with van der Waals surface area (Å²) in [6.07, 6.45) is 3.16. The van der Waals surface area contributed by atoms with E-state index in [0.717, 1.165) is 5.69 Å². The summed E-state index contributed by atoms with van der Waals surface area (Å²) in [6.45, 7) is 1.26. The molecule has 4 nitrogen and oxygen atoms in total. The highest BCUT2D eigenvalue weighted by Crippen LogP contribution is 2.05. The third kappa shape index (κ3) is 2.16. The number of hydrogen-bond acceptors (Lipinski definition) is 3. The van der Waals surface area contributed by atoms with Crippen molar-refractivity contribution in [2.24, 2.45) is 0 Å². The van der Waals surface area contributed by atoms with E-state index in [9.17, 15) is 9.59 Å². The number of carbonyl (C=O) groups excluding carboxylic acids is 2. The standard InChI is InChI=1S/C10H13N2O2/c1-8(13)10(14)12-6-4-9(5-7-12)11(2)3/h4-7H,1-3H3/q+1. The van der Waals surface area contributed by atoms with Gasteiger partial charge in [-0.2, -0.15) is 0 Å². The van der Waals surface area contributed by atoms with E-state index < -0.39 is 11.7 Å². The number of Topliss-reactive ketones (excluding diaryl/α,β-unsaturated/α-hetero) is 1. The van der Waals surface area contributed by atoms with E-state index in [4.69, 9.17) is 0 Å². The zero-order chi connectivity index (χ0) is 10.7. The van der Waals surface area contributed by atoms with Gasteiger partial charge in [0.05, 0.1) is 0 Å². The van der Waals surface area contributed by atoms with Gasteiger partial charge < -0.3 is 4.90 Å². The van der Waals surface area contributed by atoms with Crippen molar-refractivity contribution in [1.82, 2.24) is 0 Å². The van der Waals surface area contributed by atoms with Gasteiger partial charge in [0.25, 0.3) is 5.78 Å². The van der Waals surface area contributed by atoms with Crippen molar-refractivity contribution in [2.75, 3.05) is 19.0 Å². The fraction of sp³-hybridized carbons (Fsp3) is 0.300. The maximum absolute atomic E-state index is 11.2. The van der Waals surface area contributed by atoms with Gasteiger partial charge in [-0.3, -0.25) is 4.79 Å². The zero-order valence-corrected chi connectivity index (χ0v) is 8.52. The second-order valence-electron chi connectivity index (χ2n) is 3.22. The summed E-state index contributed by atoms with van der Waals surface area (Å²) in [5.74, 6) is -0.983. The molecule has 74 valence electrons. The molecule has 0 spiro atoms. The number of rotatable bonds is 2. The van der Waals surface area contributed by atoms with Crippen molar-refractivity contribution < 1.29 is 14.2 Å². The molecule has 0 radical (unpaired) electrons. The van der Waals surface area contributed by atoms with Crippen LogP contribution >= 0.6 is 0 Å². The van der Waals surface area contributed by atoms with Crippen molar-refractivity contribution in [3.63, 3.8) is 0 Å². The molecule has 0 saturated carbocycles. The molecule has 0 saturated heterocycles. The molecule has 1 heterocycles.